The maximum absolute atomic E-state index is 5.80. The Hall–Kier alpha value is -0.860. The normalized spacial score (nSPS) is 19.6. The maximum atomic E-state index is 5.80. The van der Waals surface area contributed by atoms with Gasteiger partial charge in [-0.3, -0.25) is 0 Å². The molecule has 0 aromatic heterocycles. The summed E-state index contributed by atoms with van der Waals surface area (Å²) in [4.78, 5) is 0. The minimum absolute atomic E-state index is 0.0752. The molecule has 0 amide bonds. The molecule has 2 rings (SSSR count). The lowest BCUT2D eigenvalue weighted by Crippen LogP contribution is -2.57. The second kappa shape index (κ2) is 5.65. The van der Waals surface area contributed by atoms with Crippen molar-refractivity contribution >= 4 is 0 Å². The fraction of sp³-hybridized carbons (Fsp3) is 0.600. The molecule has 1 N–H and O–H groups in total. The molecule has 2 heteroatoms. The molecular formula is C15H23NO. The van der Waals surface area contributed by atoms with Gasteiger partial charge in [-0.05, 0) is 37.8 Å². The summed E-state index contributed by atoms with van der Waals surface area (Å²) in [7, 11) is 1.86. The molecule has 94 valence electrons. The summed E-state index contributed by atoms with van der Waals surface area (Å²) >= 11 is 0. The highest BCUT2D eigenvalue weighted by atomic mass is 16.5. The van der Waals surface area contributed by atoms with Crippen LogP contribution in [0.3, 0.4) is 0 Å². The van der Waals surface area contributed by atoms with Gasteiger partial charge in [-0.2, -0.15) is 0 Å². The molecule has 0 heterocycles. The van der Waals surface area contributed by atoms with Crippen LogP contribution >= 0.6 is 0 Å². The van der Waals surface area contributed by atoms with Crippen LogP contribution in [0.2, 0.25) is 0 Å². The first-order chi connectivity index (χ1) is 8.30. The molecule has 17 heavy (non-hydrogen) atoms. The minimum atomic E-state index is 0.0752. The topological polar surface area (TPSA) is 21.3 Å². The molecule has 1 unspecified atom stereocenters. The quantitative estimate of drug-likeness (QED) is 0.816. The first kappa shape index (κ1) is 12.6. The Kier molecular flexibility index (Phi) is 4.19. The maximum Gasteiger partial charge on any atom is 0.0834 e. The predicted molar refractivity (Wildman–Crippen MR) is 71.2 cm³/mol. The van der Waals surface area contributed by atoms with Crippen molar-refractivity contribution in [2.45, 2.75) is 44.2 Å². The van der Waals surface area contributed by atoms with Crippen molar-refractivity contribution < 1.29 is 4.74 Å². The van der Waals surface area contributed by atoms with Crippen LogP contribution in [0.15, 0.2) is 30.3 Å². The van der Waals surface area contributed by atoms with Gasteiger partial charge in [-0.25, -0.2) is 0 Å². The molecule has 1 atom stereocenters. The summed E-state index contributed by atoms with van der Waals surface area (Å²) in [5.74, 6) is 0. The van der Waals surface area contributed by atoms with Crippen LogP contribution in [0, 0.1) is 0 Å². The number of hydrogen-bond acceptors (Lipinski definition) is 2. The summed E-state index contributed by atoms with van der Waals surface area (Å²) in [6.45, 7) is 3.17. The van der Waals surface area contributed by atoms with Gasteiger partial charge in [0, 0.05) is 13.2 Å². The minimum Gasteiger partial charge on any atom is -0.377 e. The molecule has 0 radical (unpaired) electrons. The number of benzene rings is 1. The monoisotopic (exact) mass is 233 g/mol. The summed E-state index contributed by atoms with van der Waals surface area (Å²) in [5, 5.41) is 3.60. The third-order valence-electron chi connectivity index (χ3n) is 3.97. The van der Waals surface area contributed by atoms with Crippen LogP contribution in [0.5, 0.6) is 0 Å². The largest absolute Gasteiger partial charge is 0.377 e. The lowest BCUT2D eigenvalue weighted by Gasteiger charge is -2.47. The summed E-state index contributed by atoms with van der Waals surface area (Å²) in [5.41, 5.74) is 1.47. The third kappa shape index (κ3) is 2.70. The number of nitrogens with one attached hydrogen (secondary N) is 1. The fourth-order valence-electron chi connectivity index (χ4n) is 2.76. The third-order valence-corrected chi connectivity index (χ3v) is 3.97. The van der Waals surface area contributed by atoms with Crippen LogP contribution in [0.25, 0.3) is 0 Å². The zero-order chi connectivity index (χ0) is 12.1. The average Bonchev–Trinajstić information content (AvgIpc) is 2.30. The highest BCUT2D eigenvalue weighted by Gasteiger charge is 2.43. The molecule has 1 saturated carbocycles. The molecule has 0 spiro atoms. The molecule has 1 aliphatic carbocycles. The van der Waals surface area contributed by atoms with Crippen molar-refractivity contribution in [1.29, 1.82) is 0 Å². The van der Waals surface area contributed by atoms with Gasteiger partial charge >= 0.3 is 0 Å². The Morgan fingerprint density at radius 3 is 2.47 bits per heavy atom. The Morgan fingerprint density at radius 2 is 2.00 bits per heavy atom. The molecule has 1 aliphatic rings. The molecule has 0 bridgehead atoms. The SMILES string of the molecule is CCNC(Cc1ccccc1)C1(OC)CCC1. The standard InChI is InChI=1S/C15H23NO/c1-3-16-14(15(17-2)10-7-11-15)12-13-8-5-4-6-9-13/h4-6,8-9,14,16H,3,7,10-12H2,1-2H3. The average molecular weight is 233 g/mol. The van der Waals surface area contributed by atoms with E-state index in [1.54, 1.807) is 0 Å². The van der Waals surface area contributed by atoms with E-state index in [2.05, 4.69) is 42.6 Å². The number of likely N-dealkylation sites (N-methyl/N-ethyl adjacent to an activating group) is 1. The lowest BCUT2D eigenvalue weighted by molar-refractivity contribution is -0.0978. The molecule has 2 nitrogen and oxygen atoms in total. The smallest absolute Gasteiger partial charge is 0.0834 e. The Balaban J connectivity index is 2.07. The van der Waals surface area contributed by atoms with Crippen molar-refractivity contribution in [1.82, 2.24) is 5.32 Å². The van der Waals surface area contributed by atoms with E-state index in [4.69, 9.17) is 4.74 Å². The zero-order valence-corrected chi connectivity index (χ0v) is 10.9. The van der Waals surface area contributed by atoms with Crippen LogP contribution in [-0.2, 0) is 11.2 Å². The zero-order valence-electron chi connectivity index (χ0n) is 10.9. The van der Waals surface area contributed by atoms with Crippen molar-refractivity contribution in [3.05, 3.63) is 35.9 Å². The summed E-state index contributed by atoms with van der Waals surface area (Å²) in [6, 6.07) is 11.1. The molecular weight excluding hydrogens is 210 g/mol. The van der Waals surface area contributed by atoms with E-state index in [-0.39, 0.29) is 5.60 Å². The summed E-state index contributed by atoms with van der Waals surface area (Å²) in [6.07, 6.45) is 4.73. The van der Waals surface area contributed by atoms with E-state index in [0.717, 1.165) is 13.0 Å². The Morgan fingerprint density at radius 1 is 1.29 bits per heavy atom. The number of rotatable bonds is 6. The van der Waals surface area contributed by atoms with Crippen molar-refractivity contribution in [3.63, 3.8) is 0 Å². The number of hydrogen-bond donors (Lipinski definition) is 1. The van der Waals surface area contributed by atoms with Crippen LogP contribution in [0.4, 0.5) is 0 Å². The van der Waals surface area contributed by atoms with E-state index in [9.17, 15) is 0 Å². The van der Waals surface area contributed by atoms with Crippen LogP contribution < -0.4 is 5.32 Å². The lowest BCUT2D eigenvalue weighted by atomic mass is 9.72. The first-order valence-electron chi connectivity index (χ1n) is 6.63. The van der Waals surface area contributed by atoms with E-state index in [1.165, 1.54) is 24.8 Å². The van der Waals surface area contributed by atoms with E-state index in [0.29, 0.717) is 6.04 Å². The van der Waals surface area contributed by atoms with Gasteiger partial charge in [0.25, 0.3) is 0 Å². The van der Waals surface area contributed by atoms with Crippen molar-refractivity contribution in [2.24, 2.45) is 0 Å². The molecule has 0 saturated heterocycles. The van der Waals surface area contributed by atoms with Gasteiger partial charge < -0.3 is 10.1 Å². The van der Waals surface area contributed by atoms with Crippen molar-refractivity contribution in [2.75, 3.05) is 13.7 Å². The van der Waals surface area contributed by atoms with Crippen LogP contribution in [0.1, 0.15) is 31.7 Å². The first-order valence-corrected chi connectivity index (χ1v) is 6.63. The van der Waals surface area contributed by atoms with Gasteiger partial charge in [-0.15, -0.1) is 0 Å². The van der Waals surface area contributed by atoms with Gasteiger partial charge in [0.2, 0.25) is 0 Å². The van der Waals surface area contributed by atoms with Gasteiger partial charge in [-0.1, -0.05) is 37.3 Å². The number of methoxy groups -OCH3 is 1. The molecule has 1 aromatic rings. The molecule has 1 aromatic carbocycles. The Labute approximate surface area is 104 Å². The number of ether oxygens (including phenoxy) is 1. The van der Waals surface area contributed by atoms with Gasteiger partial charge in [0.1, 0.15) is 0 Å². The molecule has 1 fully saturated rings. The van der Waals surface area contributed by atoms with Crippen LogP contribution in [-0.4, -0.2) is 25.3 Å². The molecule has 0 aliphatic heterocycles. The van der Waals surface area contributed by atoms with E-state index >= 15 is 0 Å². The summed E-state index contributed by atoms with van der Waals surface area (Å²) < 4.78 is 5.80. The Bertz CT molecular complexity index is 327. The van der Waals surface area contributed by atoms with Gasteiger partial charge in [0.05, 0.1) is 5.60 Å². The fourth-order valence-corrected chi connectivity index (χ4v) is 2.76. The second-order valence-electron chi connectivity index (χ2n) is 4.92. The van der Waals surface area contributed by atoms with Gasteiger partial charge in [0.15, 0.2) is 0 Å². The second-order valence-corrected chi connectivity index (χ2v) is 4.92. The van der Waals surface area contributed by atoms with E-state index in [1.807, 2.05) is 7.11 Å². The van der Waals surface area contributed by atoms with Crippen molar-refractivity contribution in [3.8, 4) is 0 Å². The highest BCUT2D eigenvalue weighted by Crippen LogP contribution is 2.39. The predicted octanol–water partition coefficient (Wildman–Crippen LogP) is 2.78. The van der Waals surface area contributed by atoms with E-state index < -0.39 is 0 Å². The highest BCUT2D eigenvalue weighted by molar-refractivity contribution is 5.18.